The second kappa shape index (κ2) is 9.98. The minimum atomic E-state index is -4.10. The molecule has 1 unspecified atom stereocenters. The number of halogens is 2. The summed E-state index contributed by atoms with van der Waals surface area (Å²) >= 11 is 9.05. The molecule has 13 heteroatoms. The first-order valence-electron chi connectivity index (χ1n) is 8.19. The van der Waals surface area contributed by atoms with Crippen LogP contribution >= 0.6 is 27.5 Å². The van der Waals surface area contributed by atoms with Crippen molar-refractivity contribution in [2.75, 3.05) is 11.9 Å². The zero-order valence-electron chi connectivity index (χ0n) is 15.3. The topological polar surface area (TPSA) is 145 Å². The largest absolute Gasteiger partial charge is 0.452 e. The van der Waals surface area contributed by atoms with Crippen LogP contribution in [-0.2, 0) is 24.3 Å². The molecule has 1 atom stereocenters. The molecule has 0 saturated carbocycles. The lowest BCUT2D eigenvalue weighted by Crippen LogP contribution is -2.36. The minimum absolute atomic E-state index is 0.0533. The van der Waals surface area contributed by atoms with Crippen molar-refractivity contribution in [2.45, 2.75) is 17.9 Å². The first-order chi connectivity index (χ1) is 14.0. The maximum atomic E-state index is 12.3. The molecule has 0 aliphatic carbocycles. The molecule has 0 spiro atoms. The van der Waals surface area contributed by atoms with Crippen LogP contribution in [0.1, 0.15) is 6.92 Å². The Labute approximate surface area is 184 Å². The van der Waals surface area contributed by atoms with Gasteiger partial charge in [-0.15, -0.1) is 0 Å². The molecule has 0 heterocycles. The molecule has 10 nitrogen and oxygen atoms in total. The van der Waals surface area contributed by atoms with Gasteiger partial charge in [0.1, 0.15) is 17.1 Å². The molecule has 0 aliphatic heterocycles. The number of benzene rings is 2. The molecule has 2 rings (SSSR count). The number of anilines is 1. The van der Waals surface area contributed by atoms with E-state index in [9.17, 15) is 28.1 Å². The molecule has 0 aromatic heterocycles. The van der Waals surface area contributed by atoms with Crippen LogP contribution < -0.4 is 10.0 Å². The first kappa shape index (κ1) is 23.7. The maximum Gasteiger partial charge on any atom is 0.321 e. The van der Waals surface area contributed by atoms with E-state index in [0.29, 0.717) is 4.47 Å². The summed E-state index contributed by atoms with van der Waals surface area (Å²) in [6.07, 6.45) is -1.34. The molecule has 0 aliphatic rings. The smallest absolute Gasteiger partial charge is 0.321 e. The van der Waals surface area contributed by atoms with Crippen LogP contribution in [0.15, 0.2) is 51.8 Å². The van der Waals surface area contributed by atoms with Gasteiger partial charge in [-0.3, -0.25) is 19.7 Å². The number of carbonyl (C=O) groups is 2. The number of nitro benzene ring substituents is 1. The predicted molar refractivity (Wildman–Crippen MR) is 112 cm³/mol. The summed E-state index contributed by atoms with van der Waals surface area (Å²) in [5.74, 6) is -1.85. The molecule has 0 bridgehead atoms. The van der Waals surface area contributed by atoms with E-state index in [2.05, 4.69) is 21.2 Å². The van der Waals surface area contributed by atoms with Crippen molar-refractivity contribution in [3.63, 3.8) is 0 Å². The van der Waals surface area contributed by atoms with Gasteiger partial charge in [0.15, 0.2) is 6.10 Å². The van der Waals surface area contributed by atoms with Crippen molar-refractivity contribution in [2.24, 2.45) is 0 Å². The normalized spacial score (nSPS) is 12.1. The Balaban J connectivity index is 1.96. The highest BCUT2D eigenvalue weighted by molar-refractivity contribution is 9.10. The number of sulfonamides is 1. The van der Waals surface area contributed by atoms with Crippen LogP contribution in [0.2, 0.25) is 5.02 Å². The molecule has 2 aromatic rings. The van der Waals surface area contributed by atoms with Gasteiger partial charge in [0, 0.05) is 10.5 Å². The number of esters is 1. The zero-order chi connectivity index (χ0) is 22.5. The highest BCUT2D eigenvalue weighted by atomic mass is 79.9. The standard InChI is InChI=1S/C17H15BrClN3O7S/c1-10(17(24)21-13-4-2-3-5-14(13)22(25)26)29-16(23)9-20-30(27,28)15-7-6-11(18)8-12(15)19/h2-8,10,20H,9H2,1H3,(H,21,24). The summed E-state index contributed by atoms with van der Waals surface area (Å²) < 4.78 is 32.0. The number of hydrogen-bond donors (Lipinski definition) is 2. The number of nitrogens with one attached hydrogen (secondary N) is 2. The van der Waals surface area contributed by atoms with Gasteiger partial charge in [0.25, 0.3) is 11.6 Å². The summed E-state index contributed by atoms with van der Waals surface area (Å²) in [5.41, 5.74) is -0.399. The second-order valence-corrected chi connectivity index (χ2v) is 8.85. The Morgan fingerprint density at radius 2 is 1.93 bits per heavy atom. The van der Waals surface area contributed by atoms with Crippen molar-refractivity contribution in [1.29, 1.82) is 0 Å². The monoisotopic (exact) mass is 519 g/mol. The molecule has 2 N–H and O–H groups in total. The van der Waals surface area contributed by atoms with Gasteiger partial charge in [-0.2, -0.15) is 4.72 Å². The number of hydrogen-bond acceptors (Lipinski definition) is 7. The molecular weight excluding hydrogens is 506 g/mol. The highest BCUT2D eigenvalue weighted by Gasteiger charge is 2.24. The van der Waals surface area contributed by atoms with E-state index in [1.54, 1.807) is 0 Å². The average molecular weight is 521 g/mol. The van der Waals surface area contributed by atoms with E-state index in [4.69, 9.17) is 16.3 Å². The zero-order valence-corrected chi connectivity index (χ0v) is 18.5. The van der Waals surface area contributed by atoms with Gasteiger partial charge in [0.05, 0.1) is 9.95 Å². The van der Waals surface area contributed by atoms with Gasteiger partial charge >= 0.3 is 5.97 Å². The average Bonchev–Trinajstić information content (AvgIpc) is 2.66. The number of carbonyl (C=O) groups excluding carboxylic acids is 2. The van der Waals surface area contributed by atoms with Crippen molar-refractivity contribution in [1.82, 2.24) is 4.72 Å². The summed E-state index contributed by atoms with van der Waals surface area (Å²) in [5, 5.41) is 13.2. The van der Waals surface area contributed by atoms with E-state index >= 15 is 0 Å². The van der Waals surface area contributed by atoms with E-state index in [0.717, 1.165) is 0 Å². The predicted octanol–water partition coefficient (Wildman–Crippen LogP) is 2.86. The minimum Gasteiger partial charge on any atom is -0.452 e. The van der Waals surface area contributed by atoms with Crippen LogP contribution in [-0.4, -0.2) is 37.9 Å². The van der Waals surface area contributed by atoms with Crippen LogP contribution in [0, 0.1) is 10.1 Å². The molecule has 0 fully saturated rings. The molecule has 30 heavy (non-hydrogen) atoms. The quantitative estimate of drug-likeness (QED) is 0.309. The summed E-state index contributed by atoms with van der Waals surface area (Å²) in [6, 6.07) is 9.54. The number of para-hydroxylation sites is 2. The Bertz CT molecular complexity index is 1090. The van der Waals surface area contributed by atoms with Gasteiger partial charge in [0.2, 0.25) is 10.0 Å². The van der Waals surface area contributed by atoms with E-state index in [-0.39, 0.29) is 21.3 Å². The Morgan fingerprint density at radius 1 is 1.27 bits per heavy atom. The van der Waals surface area contributed by atoms with Gasteiger partial charge in [-0.05, 0) is 31.2 Å². The van der Waals surface area contributed by atoms with E-state index in [1.807, 2.05) is 4.72 Å². The summed E-state index contributed by atoms with van der Waals surface area (Å²) in [7, 11) is -4.10. The van der Waals surface area contributed by atoms with Crippen molar-refractivity contribution in [3.8, 4) is 0 Å². The molecular formula is C17H15BrClN3O7S. The Hall–Kier alpha value is -2.54. The molecule has 0 radical (unpaired) electrons. The highest BCUT2D eigenvalue weighted by Crippen LogP contribution is 2.25. The number of ether oxygens (including phenoxy) is 1. The summed E-state index contributed by atoms with van der Waals surface area (Å²) in [6.45, 7) is 0.486. The van der Waals surface area contributed by atoms with Crippen LogP contribution in [0.5, 0.6) is 0 Å². The van der Waals surface area contributed by atoms with Crippen LogP contribution in [0.3, 0.4) is 0 Å². The van der Waals surface area contributed by atoms with Crippen molar-refractivity contribution in [3.05, 3.63) is 62.1 Å². The van der Waals surface area contributed by atoms with Gasteiger partial charge in [-0.1, -0.05) is 39.7 Å². The lowest BCUT2D eigenvalue weighted by atomic mass is 10.2. The number of nitrogens with zero attached hydrogens (tertiary/aromatic N) is 1. The first-order valence-corrected chi connectivity index (χ1v) is 10.8. The Morgan fingerprint density at radius 3 is 2.57 bits per heavy atom. The molecule has 160 valence electrons. The number of rotatable bonds is 8. The fraction of sp³-hybridized carbons (Fsp3) is 0.176. The van der Waals surface area contributed by atoms with E-state index < -0.39 is 39.5 Å². The molecule has 2 aromatic carbocycles. The fourth-order valence-corrected chi connectivity index (χ4v) is 4.19. The van der Waals surface area contributed by atoms with Crippen LogP contribution in [0.25, 0.3) is 0 Å². The third-order valence-corrected chi connectivity index (χ3v) is 6.00. The summed E-state index contributed by atoms with van der Waals surface area (Å²) in [4.78, 5) is 34.2. The second-order valence-electron chi connectivity index (χ2n) is 5.79. The Kier molecular flexibility index (Phi) is 7.89. The molecule has 0 saturated heterocycles. The fourth-order valence-electron chi connectivity index (χ4n) is 2.19. The van der Waals surface area contributed by atoms with Gasteiger partial charge in [-0.25, -0.2) is 8.42 Å². The third kappa shape index (κ3) is 6.23. The van der Waals surface area contributed by atoms with Gasteiger partial charge < -0.3 is 10.1 Å². The molecule has 1 amide bonds. The maximum absolute atomic E-state index is 12.3. The number of nitro groups is 1. The third-order valence-electron chi connectivity index (χ3n) is 3.63. The lowest BCUT2D eigenvalue weighted by Gasteiger charge is -2.14. The number of amides is 1. The van der Waals surface area contributed by atoms with Crippen molar-refractivity contribution < 1.29 is 27.7 Å². The SMILES string of the molecule is CC(OC(=O)CNS(=O)(=O)c1ccc(Br)cc1Cl)C(=O)Nc1ccccc1[N+](=O)[O-]. The lowest BCUT2D eigenvalue weighted by molar-refractivity contribution is -0.383. The van der Waals surface area contributed by atoms with Crippen LogP contribution in [0.4, 0.5) is 11.4 Å². The van der Waals surface area contributed by atoms with E-state index in [1.165, 1.54) is 49.4 Å². The van der Waals surface area contributed by atoms with Crippen molar-refractivity contribution >= 4 is 60.8 Å².